The van der Waals surface area contributed by atoms with E-state index >= 15 is 0 Å². The van der Waals surface area contributed by atoms with E-state index in [0.29, 0.717) is 12.4 Å². The van der Waals surface area contributed by atoms with Gasteiger partial charge in [-0.2, -0.15) is 5.10 Å². The van der Waals surface area contributed by atoms with Crippen molar-refractivity contribution in [2.75, 3.05) is 6.26 Å². The summed E-state index contributed by atoms with van der Waals surface area (Å²) in [4.78, 5) is 1.20. The van der Waals surface area contributed by atoms with Crippen molar-refractivity contribution in [3.63, 3.8) is 0 Å². The molecule has 0 saturated heterocycles. The molecule has 0 aliphatic heterocycles. The van der Waals surface area contributed by atoms with Crippen molar-refractivity contribution in [2.24, 2.45) is 5.73 Å². The molecule has 88 valence electrons. The third-order valence-corrected chi connectivity index (χ3v) is 2.93. The average Bonchev–Trinajstić information content (AvgIpc) is 2.40. The van der Waals surface area contributed by atoms with Crippen LogP contribution in [0.5, 0.6) is 11.6 Å². The van der Waals surface area contributed by atoms with Gasteiger partial charge in [0, 0.05) is 17.5 Å². The van der Waals surface area contributed by atoms with Gasteiger partial charge in [-0.15, -0.1) is 16.9 Å². The molecular formula is C12H13N3OS. The lowest BCUT2D eigenvalue weighted by molar-refractivity contribution is 0.453. The minimum atomic E-state index is 0.385. The molecule has 0 atom stereocenters. The second-order valence-corrected chi connectivity index (χ2v) is 4.22. The van der Waals surface area contributed by atoms with Crippen LogP contribution in [0.25, 0.3) is 0 Å². The van der Waals surface area contributed by atoms with Crippen molar-refractivity contribution in [2.45, 2.75) is 11.4 Å². The number of nitrogens with zero attached hydrogens (tertiary/aromatic N) is 2. The predicted octanol–water partition coefficient (Wildman–Crippen LogP) is 2.45. The first kappa shape index (κ1) is 11.9. The van der Waals surface area contributed by atoms with E-state index in [-0.39, 0.29) is 0 Å². The van der Waals surface area contributed by atoms with Crippen LogP contribution < -0.4 is 10.5 Å². The Labute approximate surface area is 104 Å². The lowest BCUT2D eigenvalue weighted by atomic mass is 10.3. The molecule has 4 nitrogen and oxygen atoms in total. The number of thioether (sulfide) groups is 1. The monoisotopic (exact) mass is 247 g/mol. The van der Waals surface area contributed by atoms with E-state index in [1.165, 1.54) is 4.90 Å². The third kappa shape index (κ3) is 3.18. The fourth-order valence-corrected chi connectivity index (χ4v) is 1.68. The molecule has 0 amide bonds. The van der Waals surface area contributed by atoms with Crippen molar-refractivity contribution in [1.82, 2.24) is 10.2 Å². The van der Waals surface area contributed by atoms with Crippen LogP contribution in [0.15, 0.2) is 41.3 Å². The van der Waals surface area contributed by atoms with Crippen LogP contribution in [-0.2, 0) is 6.54 Å². The number of aromatic nitrogens is 2. The SMILES string of the molecule is CSc1ccc(Oc2ccc(CN)nn2)cc1. The summed E-state index contributed by atoms with van der Waals surface area (Å²) < 4.78 is 5.55. The maximum absolute atomic E-state index is 5.55. The summed E-state index contributed by atoms with van der Waals surface area (Å²) in [6.45, 7) is 0.385. The van der Waals surface area contributed by atoms with Crippen LogP contribution in [0.3, 0.4) is 0 Å². The maximum Gasteiger partial charge on any atom is 0.238 e. The fourth-order valence-electron chi connectivity index (χ4n) is 1.28. The van der Waals surface area contributed by atoms with Crippen molar-refractivity contribution in [1.29, 1.82) is 0 Å². The fraction of sp³-hybridized carbons (Fsp3) is 0.167. The van der Waals surface area contributed by atoms with Gasteiger partial charge in [0.1, 0.15) is 5.75 Å². The molecule has 0 saturated carbocycles. The largest absolute Gasteiger partial charge is 0.438 e. The Bertz CT molecular complexity index is 425. The van der Waals surface area contributed by atoms with Crippen LogP contribution >= 0.6 is 11.8 Å². The molecule has 0 aliphatic rings. The Kier molecular flexibility index (Phi) is 3.95. The number of nitrogens with two attached hydrogens (primary N) is 1. The molecular weight excluding hydrogens is 234 g/mol. The third-order valence-electron chi connectivity index (χ3n) is 2.19. The average molecular weight is 247 g/mol. The van der Waals surface area contributed by atoms with Gasteiger partial charge in [0.05, 0.1) is 5.69 Å². The number of hydrogen-bond acceptors (Lipinski definition) is 5. The van der Waals surface area contributed by atoms with E-state index < -0.39 is 0 Å². The molecule has 1 heterocycles. The molecule has 17 heavy (non-hydrogen) atoms. The van der Waals surface area contributed by atoms with Gasteiger partial charge in [-0.25, -0.2) is 0 Å². The summed E-state index contributed by atoms with van der Waals surface area (Å²) in [5, 5.41) is 7.85. The minimum absolute atomic E-state index is 0.385. The highest BCUT2D eigenvalue weighted by molar-refractivity contribution is 7.98. The summed E-state index contributed by atoms with van der Waals surface area (Å²) in [6, 6.07) is 11.4. The highest BCUT2D eigenvalue weighted by atomic mass is 32.2. The summed E-state index contributed by atoms with van der Waals surface area (Å²) in [5.74, 6) is 1.22. The van der Waals surface area contributed by atoms with Crippen molar-refractivity contribution < 1.29 is 4.74 Å². The second kappa shape index (κ2) is 5.65. The Hall–Kier alpha value is -1.59. The molecule has 0 fully saturated rings. The Morgan fingerprint density at radius 1 is 1.12 bits per heavy atom. The molecule has 0 unspecified atom stereocenters. The molecule has 2 aromatic rings. The molecule has 0 spiro atoms. The van der Waals surface area contributed by atoms with Crippen molar-refractivity contribution in [3.05, 3.63) is 42.1 Å². The van der Waals surface area contributed by atoms with Crippen molar-refractivity contribution in [3.8, 4) is 11.6 Å². The number of hydrogen-bond donors (Lipinski definition) is 1. The molecule has 5 heteroatoms. The van der Waals surface area contributed by atoms with Crippen LogP contribution in [0.4, 0.5) is 0 Å². The molecule has 0 radical (unpaired) electrons. The second-order valence-electron chi connectivity index (χ2n) is 3.34. The maximum atomic E-state index is 5.55. The predicted molar refractivity (Wildman–Crippen MR) is 68.2 cm³/mol. The van der Waals surface area contributed by atoms with Gasteiger partial charge in [-0.1, -0.05) is 0 Å². The molecule has 1 aromatic heterocycles. The van der Waals surface area contributed by atoms with E-state index in [1.54, 1.807) is 23.9 Å². The van der Waals surface area contributed by atoms with Gasteiger partial charge in [-0.3, -0.25) is 0 Å². The van der Waals surface area contributed by atoms with E-state index in [0.717, 1.165) is 11.4 Å². The summed E-state index contributed by atoms with van der Waals surface area (Å²) >= 11 is 1.69. The summed E-state index contributed by atoms with van der Waals surface area (Å²) in [5.41, 5.74) is 6.18. The quantitative estimate of drug-likeness (QED) is 0.841. The smallest absolute Gasteiger partial charge is 0.238 e. The van der Waals surface area contributed by atoms with E-state index in [9.17, 15) is 0 Å². The van der Waals surface area contributed by atoms with Gasteiger partial charge < -0.3 is 10.5 Å². The molecule has 0 aliphatic carbocycles. The van der Waals surface area contributed by atoms with Crippen LogP contribution in [0.2, 0.25) is 0 Å². The first-order valence-electron chi connectivity index (χ1n) is 5.16. The first-order valence-corrected chi connectivity index (χ1v) is 6.39. The Morgan fingerprint density at radius 2 is 1.88 bits per heavy atom. The minimum Gasteiger partial charge on any atom is -0.438 e. The van der Waals surface area contributed by atoms with Gasteiger partial charge in [0.2, 0.25) is 5.88 Å². The first-order chi connectivity index (χ1) is 8.31. The van der Waals surface area contributed by atoms with Gasteiger partial charge in [-0.05, 0) is 36.6 Å². The lowest BCUT2D eigenvalue weighted by Gasteiger charge is -2.04. The normalized spacial score (nSPS) is 10.2. The van der Waals surface area contributed by atoms with E-state index in [2.05, 4.69) is 10.2 Å². The van der Waals surface area contributed by atoms with Gasteiger partial charge >= 0.3 is 0 Å². The topological polar surface area (TPSA) is 61.0 Å². The zero-order valence-electron chi connectivity index (χ0n) is 9.46. The Morgan fingerprint density at radius 3 is 2.41 bits per heavy atom. The number of ether oxygens (including phenoxy) is 1. The summed E-state index contributed by atoms with van der Waals surface area (Å²) in [6.07, 6.45) is 2.03. The number of rotatable bonds is 4. The molecule has 2 N–H and O–H groups in total. The van der Waals surface area contributed by atoms with Gasteiger partial charge in [0.25, 0.3) is 0 Å². The molecule has 0 bridgehead atoms. The molecule has 1 aromatic carbocycles. The van der Waals surface area contributed by atoms with Crippen LogP contribution in [0, 0.1) is 0 Å². The van der Waals surface area contributed by atoms with E-state index in [4.69, 9.17) is 10.5 Å². The number of benzene rings is 1. The Balaban J connectivity index is 2.08. The van der Waals surface area contributed by atoms with Gasteiger partial charge in [0.15, 0.2) is 0 Å². The van der Waals surface area contributed by atoms with Crippen LogP contribution in [-0.4, -0.2) is 16.5 Å². The molecule has 2 rings (SSSR count). The highest BCUT2D eigenvalue weighted by Crippen LogP contribution is 2.22. The van der Waals surface area contributed by atoms with Crippen LogP contribution in [0.1, 0.15) is 5.69 Å². The summed E-state index contributed by atoms with van der Waals surface area (Å²) in [7, 11) is 0. The standard InChI is InChI=1S/C12H13N3OS/c1-17-11-5-3-10(4-6-11)16-12-7-2-9(8-13)14-15-12/h2-7H,8,13H2,1H3. The lowest BCUT2D eigenvalue weighted by Crippen LogP contribution is -2.01. The van der Waals surface area contributed by atoms with E-state index in [1.807, 2.05) is 30.5 Å². The highest BCUT2D eigenvalue weighted by Gasteiger charge is 2.00. The zero-order chi connectivity index (χ0) is 12.1. The zero-order valence-corrected chi connectivity index (χ0v) is 10.3. The van der Waals surface area contributed by atoms with Crippen molar-refractivity contribution >= 4 is 11.8 Å².